The minimum absolute atomic E-state index is 0.177. The number of piperazine rings is 1. The molecule has 1 aromatic heterocycles. The first kappa shape index (κ1) is 24.1. The van der Waals surface area contributed by atoms with E-state index in [4.69, 9.17) is 4.74 Å². The van der Waals surface area contributed by atoms with E-state index >= 15 is 0 Å². The third kappa shape index (κ3) is 5.30. The summed E-state index contributed by atoms with van der Waals surface area (Å²) in [4.78, 5) is 18.6. The Morgan fingerprint density at radius 3 is 2.69 bits per heavy atom. The van der Waals surface area contributed by atoms with Crippen LogP contribution >= 0.6 is 11.3 Å². The summed E-state index contributed by atoms with van der Waals surface area (Å²) in [5.74, 6) is 0.508. The number of carbonyl (C=O) groups excluding carboxylic acids is 1. The summed E-state index contributed by atoms with van der Waals surface area (Å²) in [5, 5.41) is 23.0. The molecule has 2 aromatic carbocycles. The first-order chi connectivity index (χ1) is 17.1. The summed E-state index contributed by atoms with van der Waals surface area (Å²) in [6.07, 6.45) is 1.77. The molecule has 186 valence electrons. The fraction of sp³-hybridized carbons (Fsp3) is 0.444. The lowest BCUT2D eigenvalue weighted by molar-refractivity contribution is -0.121. The van der Waals surface area contributed by atoms with Crippen molar-refractivity contribution in [2.45, 2.75) is 31.9 Å². The van der Waals surface area contributed by atoms with Gasteiger partial charge in [0.2, 0.25) is 5.91 Å². The molecule has 2 aliphatic heterocycles. The Hall–Kier alpha value is -2.65. The van der Waals surface area contributed by atoms with Gasteiger partial charge in [-0.25, -0.2) is 0 Å². The smallest absolute Gasteiger partial charge is 0.229 e. The minimum atomic E-state index is -1.23. The third-order valence-corrected chi connectivity index (χ3v) is 7.86. The highest BCUT2D eigenvalue weighted by molar-refractivity contribution is 7.17. The molecule has 7 nitrogen and oxygen atoms in total. The molecular weight excluding hydrogens is 462 g/mol. The number of aryl methyl sites for hydroxylation is 1. The first-order valence-electron chi connectivity index (χ1n) is 12.4. The Morgan fingerprint density at radius 2 is 1.86 bits per heavy atom. The summed E-state index contributed by atoms with van der Waals surface area (Å²) < 4.78 is 7.31. The van der Waals surface area contributed by atoms with E-state index < -0.39 is 12.8 Å². The summed E-state index contributed by atoms with van der Waals surface area (Å²) in [7, 11) is 0. The van der Waals surface area contributed by atoms with Crippen molar-refractivity contribution in [1.29, 1.82) is 0 Å². The molecule has 3 aromatic rings. The van der Waals surface area contributed by atoms with Gasteiger partial charge in [0.1, 0.15) is 5.75 Å². The van der Waals surface area contributed by atoms with Crippen LogP contribution in [0.5, 0.6) is 5.75 Å². The molecule has 0 aliphatic carbocycles. The molecule has 2 N–H and O–H groups in total. The molecule has 8 heteroatoms. The van der Waals surface area contributed by atoms with Gasteiger partial charge in [-0.15, -0.1) is 11.3 Å². The van der Waals surface area contributed by atoms with E-state index in [1.165, 1.54) is 20.7 Å². The van der Waals surface area contributed by atoms with Crippen LogP contribution in [0.2, 0.25) is 0 Å². The van der Waals surface area contributed by atoms with Crippen LogP contribution < -0.4 is 14.5 Å². The second kappa shape index (κ2) is 11.0. The quantitative estimate of drug-likeness (QED) is 0.443. The fourth-order valence-electron chi connectivity index (χ4n) is 5.07. The molecule has 2 aliphatic rings. The van der Waals surface area contributed by atoms with Crippen LogP contribution in [0.4, 0.5) is 11.4 Å². The predicted octanol–water partition coefficient (Wildman–Crippen LogP) is 3.47. The van der Waals surface area contributed by atoms with E-state index in [-0.39, 0.29) is 5.91 Å². The molecule has 35 heavy (non-hydrogen) atoms. The number of benzene rings is 2. The maximum atomic E-state index is 12.3. The number of aliphatic hydroxyl groups is 2. The number of amides is 1. The van der Waals surface area contributed by atoms with E-state index in [9.17, 15) is 15.0 Å². The number of hydrogen-bond donors (Lipinski definition) is 2. The molecule has 1 saturated heterocycles. The number of fused-ring (bicyclic) bond motifs is 2. The van der Waals surface area contributed by atoms with Gasteiger partial charge in [-0.2, -0.15) is 0 Å². The van der Waals surface area contributed by atoms with E-state index in [1.807, 2.05) is 12.1 Å². The van der Waals surface area contributed by atoms with Crippen LogP contribution in [0.3, 0.4) is 0 Å². The van der Waals surface area contributed by atoms with Gasteiger partial charge >= 0.3 is 0 Å². The molecule has 1 atom stereocenters. The Bertz CT molecular complexity index is 1160. The molecular formula is C27H33N3O4S. The Kier molecular flexibility index (Phi) is 7.53. The lowest BCUT2D eigenvalue weighted by Gasteiger charge is -2.36. The van der Waals surface area contributed by atoms with Gasteiger partial charge in [-0.1, -0.05) is 12.1 Å². The average molecular weight is 496 g/mol. The zero-order valence-electron chi connectivity index (χ0n) is 19.9. The molecule has 1 amide bonds. The first-order valence-corrected chi connectivity index (χ1v) is 13.3. The number of thiophene rings is 1. The minimum Gasteiger partial charge on any atom is -0.494 e. The van der Waals surface area contributed by atoms with Crippen LogP contribution in [-0.2, 0) is 11.2 Å². The van der Waals surface area contributed by atoms with E-state index in [1.54, 1.807) is 17.4 Å². The molecule has 0 bridgehead atoms. The highest BCUT2D eigenvalue weighted by atomic mass is 32.1. The summed E-state index contributed by atoms with van der Waals surface area (Å²) in [6.45, 7) is 5.43. The van der Waals surface area contributed by atoms with Crippen molar-refractivity contribution in [1.82, 2.24) is 4.90 Å². The molecule has 0 saturated carbocycles. The summed E-state index contributed by atoms with van der Waals surface area (Å²) in [5.41, 5.74) is 2.98. The standard InChI is InChI=1S/C27H33N3O4S/c31-19-27(33)30-24-18-21(8-6-20(24)7-9-26(30)32)34-16-2-1-11-28-12-14-29(15-13-28)23-4-3-5-25-22(23)10-17-35-25/h3-6,8,10,17-18,27,31,33H,1-2,7,9,11-16,19H2. The molecule has 0 radical (unpaired) electrons. The highest BCUT2D eigenvalue weighted by Crippen LogP contribution is 2.33. The number of carbonyl (C=O) groups is 1. The van der Waals surface area contributed by atoms with Crippen molar-refractivity contribution < 1.29 is 19.7 Å². The second-order valence-electron chi connectivity index (χ2n) is 9.21. The fourth-order valence-corrected chi connectivity index (χ4v) is 5.88. The maximum Gasteiger partial charge on any atom is 0.229 e. The lowest BCUT2D eigenvalue weighted by atomic mass is 10.0. The van der Waals surface area contributed by atoms with Gasteiger partial charge in [0.25, 0.3) is 0 Å². The average Bonchev–Trinajstić information content (AvgIpc) is 3.37. The molecule has 5 rings (SSSR count). The number of ether oxygens (including phenoxy) is 1. The van der Waals surface area contributed by atoms with Gasteiger partial charge < -0.3 is 19.8 Å². The van der Waals surface area contributed by atoms with Crippen molar-refractivity contribution in [3.63, 3.8) is 0 Å². The van der Waals surface area contributed by atoms with Crippen molar-refractivity contribution in [3.8, 4) is 5.75 Å². The number of hydrogen-bond acceptors (Lipinski definition) is 7. The summed E-state index contributed by atoms with van der Waals surface area (Å²) >= 11 is 1.80. The topological polar surface area (TPSA) is 76.5 Å². The second-order valence-corrected chi connectivity index (χ2v) is 10.2. The SMILES string of the molecule is O=C1CCc2ccc(OCCCCN3CCN(c4cccc5sccc45)CC3)cc2N1C(O)CO. The van der Waals surface area contributed by atoms with Gasteiger partial charge in [0.05, 0.1) is 18.9 Å². The lowest BCUT2D eigenvalue weighted by Crippen LogP contribution is -2.46. The van der Waals surface area contributed by atoms with Gasteiger partial charge in [0, 0.05) is 54.4 Å². The normalized spacial score (nSPS) is 17.6. The maximum absolute atomic E-state index is 12.3. The number of nitrogens with zero attached hydrogens (tertiary/aromatic N) is 3. The van der Waals surface area contributed by atoms with Crippen molar-refractivity contribution in [2.24, 2.45) is 0 Å². The molecule has 1 fully saturated rings. The van der Waals surface area contributed by atoms with E-state index in [2.05, 4.69) is 39.4 Å². The van der Waals surface area contributed by atoms with Crippen molar-refractivity contribution >= 4 is 38.7 Å². The van der Waals surface area contributed by atoms with Gasteiger partial charge in [-0.05, 0) is 61.0 Å². The Labute approximate surface area is 210 Å². The van der Waals surface area contributed by atoms with Crippen molar-refractivity contribution in [2.75, 3.05) is 55.7 Å². The number of unbranched alkanes of at least 4 members (excludes halogenated alkanes) is 1. The Morgan fingerprint density at radius 1 is 1.00 bits per heavy atom. The monoisotopic (exact) mass is 495 g/mol. The van der Waals surface area contributed by atoms with Crippen LogP contribution in [0.25, 0.3) is 10.1 Å². The van der Waals surface area contributed by atoms with Crippen LogP contribution in [-0.4, -0.2) is 73.2 Å². The van der Waals surface area contributed by atoms with Crippen LogP contribution in [0.1, 0.15) is 24.8 Å². The number of rotatable bonds is 9. The number of aliphatic hydroxyl groups excluding tert-OH is 2. The Balaban J connectivity index is 1.06. The van der Waals surface area contributed by atoms with Gasteiger partial charge in [-0.3, -0.25) is 14.6 Å². The van der Waals surface area contributed by atoms with E-state index in [0.717, 1.165) is 51.1 Å². The third-order valence-electron chi connectivity index (χ3n) is 6.98. The largest absolute Gasteiger partial charge is 0.494 e. The zero-order chi connectivity index (χ0) is 24.2. The molecule has 0 spiro atoms. The number of anilines is 2. The zero-order valence-corrected chi connectivity index (χ0v) is 20.8. The summed E-state index contributed by atoms with van der Waals surface area (Å²) in [6, 6.07) is 14.5. The van der Waals surface area contributed by atoms with Crippen molar-refractivity contribution in [3.05, 3.63) is 53.4 Å². The van der Waals surface area contributed by atoms with Crippen LogP contribution in [0.15, 0.2) is 47.8 Å². The predicted molar refractivity (Wildman–Crippen MR) is 141 cm³/mol. The molecule has 3 heterocycles. The highest BCUT2D eigenvalue weighted by Gasteiger charge is 2.29. The van der Waals surface area contributed by atoms with Gasteiger partial charge in [0.15, 0.2) is 6.23 Å². The van der Waals surface area contributed by atoms with E-state index in [0.29, 0.717) is 30.9 Å². The van der Waals surface area contributed by atoms with Crippen LogP contribution in [0, 0.1) is 0 Å². The molecule has 1 unspecified atom stereocenters.